The van der Waals surface area contributed by atoms with Crippen molar-refractivity contribution >= 4 is 34.6 Å². The number of ketones is 2. The van der Waals surface area contributed by atoms with Crippen LogP contribution in [0.3, 0.4) is 0 Å². The zero-order valence-corrected chi connectivity index (χ0v) is 18.2. The highest BCUT2D eigenvalue weighted by Gasteiger charge is 2.30. The van der Waals surface area contributed by atoms with Gasteiger partial charge in [0.2, 0.25) is 0 Å². The second-order valence-electron chi connectivity index (χ2n) is 8.63. The van der Waals surface area contributed by atoms with Gasteiger partial charge in [-0.3, -0.25) is 9.59 Å². The van der Waals surface area contributed by atoms with E-state index in [0.29, 0.717) is 31.6 Å². The van der Waals surface area contributed by atoms with Gasteiger partial charge in [0.15, 0.2) is 11.6 Å². The molecule has 4 rings (SSSR count). The van der Waals surface area contributed by atoms with Crippen LogP contribution in [0.15, 0.2) is 30.6 Å². The van der Waals surface area contributed by atoms with Crippen LogP contribution in [-0.4, -0.2) is 50.8 Å². The van der Waals surface area contributed by atoms with E-state index in [2.05, 4.69) is 4.98 Å². The number of carbonyl (C=O) groups excluding carboxylic acids is 3. The Kier molecular flexibility index (Phi) is 5.36. The summed E-state index contributed by atoms with van der Waals surface area (Å²) in [6.45, 7) is 6.52. The minimum atomic E-state index is -0.527. The normalized spacial score (nSPS) is 18.9. The predicted molar refractivity (Wildman–Crippen MR) is 114 cm³/mol. The van der Waals surface area contributed by atoms with Gasteiger partial charge in [-0.15, -0.1) is 11.3 Å². The van der Waals surface area contributed by atoms with Gasteiger partial charge in [0, 0.05) is 25.4 Å². The molecule has 0 fully saturated rings. The summed E-state index contributed by atoms with van der Waals surface area (Å²) in [7, 11) is 0. The van der Waals surface area contributed by atoms with Crippen molar-refractivity contribution in [3.05, 3.63) is 46.2 Å². The molecule has 0 aliphatic carbocycles. The first kappa shape index (κ1) is 20.5. The Morgan fingerprint density at radius 1 is 1.33 bits per heavy atom. The van der Waals surface area contributed by atoms with Crippen molar-refractivity contribution < 1.29 is 19.1 Å². The molecule has 0 bridgehead atoms. The van der Waals surface area contributed by atoms with Crippen LogP contribution >= 0.6 is 11.3 Å². The zero-order chi connectivity index (χ0) is 21.5. The highest BCUT2D eigenvalue weighted by molar-refractivity contribution is 7.12. The fraction of sp³-hybridized carbons (Fsp3) is 0.455. The molecule has 1 atom stereocenters. The lowest BCUT2D eigenvalue weighted by atomic mass is 9.97. The molecule has 2 aliphatic rings. The highest BCUT2D eigenvalue weighted by Crippen LogP contribution is 2.30. The van der Waals surface area contributed by atoms with Crippen LogP contribution in [0.2, 0.25) is 0 Å². The number of rotatable bonds is 4. The lowest BCUT2D eigenvalue weighted by Gasteiger charge is -2.24. The maximum Gasteiger partial charge on any atom is 0.410 e. The third-order valence-corrected chi connectivity index (χ3v) is 6.26. The molecule has 0 N–H and O–H groups in total. The molecule has 1 unspecified atom stereocenters. The van der Waals surface area contributed by atoms with E-state index in [4.69, 9.17) is 4.74 Å². The molecule has 1 amide bonds. The van der Waals surface area contributed by atoms with E-state index >= 15 is 0 Å². The molecule has 158 valence electrons. The summed E-state index contributed by atoms with van der Waals surface area (Å²) in [5.74, 6) is 0.153. The first-order valence-electron chi connectivity index (χ1n) is 10.1. The molecule has 30 heavy (non-hydrogen) atoms. The number of hydrogen-bond donors (Lipinski definition) is 0. The summed E-state index contributed by atoms with van der Waals surface area (Å²) in [6.07, 6.45) is 6.42. The largest absolute Gasteiger partial charge is 0.444 e. The second-order valence-corrected chi connectivity index (χ2v) is 9.75. The Morgan fingerprint density at radius 2 is 2.13 bits per heavy atom. The van der Waals surface area contributed by atoms with Crippen LogP contribution in [-0.2, 0) is 16.0 Å². The van der Waals surface area contributed by atoms with Crippen molar-refractivity contribution in [3.8, 4) is 0 Å². The van der Waals surface area contributed by atoms with Crippen molar-refractivity contribution in [1.82, 2.24) is 14.5 Å². The van der Waals surface area contributed by atoms with Crippen molar-refractivity contribution in [2.45, 2.75) is 51.7 Å². The van der Waals surface area contributed by atoms with Crippen LogP contribution in [0.5, 0.6) is 0 Å². The molecular formula is C22H25N3O4S. The molecule has 8 heteroatoms. The number of nitrogens with zero attached hydrogens (tertiary/aromatic N) is 3. The van der Waals surface area contributed by atoms with Gasteiger partial charge in [0.05, 0.1) is 29.6 Å². The number of Topliss-reactive ketones (excluding diaryl/α,β-unsaturated/α-hetero) is 2. The molecule has 2 aromatic heterocycles. The minimum Gasteiger partial charge on any atom is -0.444 e. The second kappa shape index (κ2) is 7.83. The summed E-state index contributed by atoms with van der Waals surface area (Å²) in [5.41, 5.74) is 1.10. The molecule has 0 spiro atoms. The maximum atomic E-state index is 12.9. The van der Waals surface area contributed by atoms with E-state index in [-0.39, 0.29) is 30.1 Å². The third-order valence-electron chi connectivity index (χ3n) is 5.18. The summed E-state index contributed by atoms with van der Waals surface area (Å²) in [4.78, 5) is 44.2. The number of thiazole rings is 1. The first-order valence-corrected chi connectivity index (χ1v) is 10.9. The van der Waals surface area contributed by atoms with Crippen LogP contribution in [0.4, 0.5) is 4.79 Å². The van der Waals surface area contributed by atoms with Crippen molar-refractivity contribution in [2.24, 2.45) is 0 Å². The fourth-order valence-electron chi connectivity index (χ4n) is 3.76. The average Bonchev–Trinajstić information content (AvgIpc) is 3.40. The number of aromatic nitrogens is 2. The summed E-state index contributed by atoms with van der Waals surface area (Å²) in [6, 6.07) is 3.27. The van der Waals surface area contributed by atoms with Crippen molar-refractivity contribution in [3.63, 3.8) is 0 Å². The molecule has 0 radical (unpaired) electrons. The highest BCUT2D eigenvalue weighted by atomic mass is 32.1. The zero-order valence-electron chi connectivity index (χ0n) is 17.4. The van der Waals surface area contributed by atoms with Crippen LogP contribution in [0.25, 0.3) is 5.57 Å². The molecule has 0 saturated heterocycles. The van der Waals surface area contributed by atoms with E-state index in [9.17, 15) is 14.4 Å². The Morgan fingerprint density at radius 3 is 2.90 bits per heavy atom. The fourth-order valence-corrected chi connectivity index (χ4v) is 4.72. The van der Waals surface area contributed by atoms with E-state index in [1.807, 2.05) is 32.9 Å². The van der Waals surface area contributed by atoms with Gasteiger partial charge >= 0.3 is 6.09 Å². The third kappa shape index (κ3) is 4.23. The van der Waals surface area contributed by atoms with Crippen LogP contribution in [0, 0.1) is 0 Å². The maximum absolute atomic E-state index is 12.9. The minimum absolute atomic E-state index is 0.0663. The monoisotopic (exact) mass is 427 g/mol. The van der Waals surface area contributed by atoms with E-state index in [0.717, 1.165) is 15.5 Å². The Hall–Kier alpha value is -2.74. The molecule has 0 saturated carbocycles. The molecule has 2 aliphatic heterocycles. The summed E-state index contributed by atoms with van der Waals surface area (Å²) < 4.78 is 7.22. The molecule has 0 aromatic carbocycles. The Labute approximate surface area is 179 Å². The SMILES string of the molecule is CC(C)(C)OC(=O)N1CC=C(c2cnc(CC(=O)C3CCC(=O)c4cccn43)s2)C1. The van der Waals surface area contributed by atoms with Gasteiger partial charge < -0.3 is 14.2 Å². The lowest BCUT2D eigenvalue weighted by molar-refractivity contribution is -0.121. The van der Waals surface area contributed by atoms with Gasteiger partial charge in [-0.25, -0.2) is 9.78 Å². The molecule has 7 nitrogen and oxygen atoms in total. The van der Waals surface area contributed by atoms with Gasteiger partial charge in [0.25, 0.3) is 0 Å². The number of amides is 1. The summed E-state index contributed by atoms with van der Waals surface area (Å²) in [5, 5.41) is 0.747. The van der Waals surface area contributed by atoms with Crippen molar-refractivity contribution in [1.29, 1.82) is 0 Å². The van der Waals surface area contributed by atoms with E-state index < -0.39 is 5.60 Å². The number of ether oxygens (including phenoxy) is 1. The average molecular weight is 428 g/mol. The Bertz CT molecular complexity index is 1030. The van der Waals surface area contributed by atoms with Gasteiger partial charge in [0.1, 0.15) is 10.6 Å². The summed E-state index contributed by atoms with van der Waals surface area (Å²) >= 11 is 1.48. The smallest absolute Gasteiger partial charge is 0.410 e. The molecular weight excluding hydrogens is 402 g/mol. The van der Waals surface area contributed by atoms with E-state index in [1.54, 1.807) is 27.9 Å². The predicted octanol–water partition coefficient (Wildman–Crippen LogP) is 3.91. The molecule has 2 aromatic rings. The van der Waals surface area contributed by atoms with Gasteiger partial charge in [-0.05, 0) is 44.9 Å². The lowest BCUT2D eigenvalue weighted by Crippen LogP contribution is -2.35. The van der Waals surface area contributed by atoms with Crippen LogP contribution < -0.4 is 0 Å². The van der Waals surface area contributed by atoms with Crippen LogP contribution in [0.1, 0.15) is 60.0 Å². The van der Waals surface area contributed by atoms with Crippen molar-refractivity contribution in [2.75, 3.05) is 13.1 Å². The standard InChI is InChI=1S/C22H25N3O4S/c1-22(2,3)29-21(28)24-10-8-14(13-24)19-12-23-20(30-19)11-18(27)16-6-7-17(26)15-5-4-9-25(15)16/h4-5,8-9,12,16H,6-7,10-11,13H2,1-3H3. The van der Waals surface area contributed by atoms with Gasteiger partial charge in [-0.2, -0.15) is 0 Å². The quantitative estimate of drug-likeness (QED) is 0.739. The number of carbonyl (C=O) groups is 3. The number of hydrogen-bond acceptors (Lipinski definition) is 6. The van der Waals surface area contributed by atoms with E-state index in [1.165, 1.54) is 11.3 Å². The van der Waals surface area contributed by atoms with Gasteiger partial charge in [-0.1, -0.05) is 6.08 Å². The Balaban J connectivity index is 1.39. The number of fused-ring (bicyclic) bond motifs is 1. The topological polar surface area (TPSA) is 81.5 Å². The first-order chi connectivity index (χ1) is 14.2. The molecule has 4 heterocycles.